The van der Waals surface area contributed by atoms with Crippen molar-refractivity contribution in [1.82, 2.24) is 10.2 Å². The number of aromatic nitrogens is 2. The van der Waals surface area contributed by atoms with E-state index in [1.54, 1.807) is 12.1 Å². The van der Waals surface area contributed by atoms with Gasteiger partial charge in [-0.25, -0.2) is 4.99 Å². The summed E-state index contributed by atoms with van der Waals surface area (Å²) in [7, 11) is 0. The highest BCUT2D eigenvalue weighted by Crippen LogP contribution is 2.32. The normalized spacial score (nSPS) is 10.4. The molecule has 0 aliphatic carbocycles. The van der Waals surface area contributed by atoms with Crippen molar-refractivity contribution in [3.63, 3.8) is 0 Å². The van der Waals surface area contributed by atoms with Crippen LogP contribution in [0, 0.1) is 0 Å². The summed E-state index contributed by atoms with van der Waals surface area (Å²) in [5.41, 5.74) is 3.08. The van der Waals surface area contributed by atoms with Crippen LogP contribution in [0.5, 0.6) is 11.6 Å². The van der Waals surface area contributed by atoms with Gasteiger partial charge >= 0.3 is 0 Å². The lowest BCUT2D eigenvalue weighted by Crippen LogP contribution is -1.95. The zero-order valence-corrected chi connectivity index (χ0v) is 15.1. The Morgan fingerprint density at radius 3 is 2.29 bits per heavy atom. The third-order valence-corrected chi connectivity index (χ3v) is 3.51. The molecule has 1 aromatic carbocycles. The van der Waals surface area contributed by atoms with Crippen LogP contribution in [0.25, 0.3) is 0 Å². The molecule has 0 radical (unpaired) electrons. The summed E-state index contributed by atoms with van der Waals surface area (Å²) in [4.78, 5) is 8.62. The molecule has 1 heterocycles. The van der Waals surface area contributed by atoms with Crippen LogP contribution in [-0.4, -0.2) is 22.2 Å². The fourth-order valence-electron chi connectivity index (χ4n) is 2.14. The molecule has 0 atom stereocenters. The van der Waals surface area contributed by atoms with Gasteiger partial charge in [-0.05, 0) is 56.0 Å². The van der Waals surface area contributed by atoms with Crippen molar-refractivity contribution in [1.29, 1.82) is 0 Å². The average Bonchev–Trinajstić information content (AvgIpc) is 2.57. The number of benzene rings is 1. The molecule has 1 aromatic heterocycles. The van der Waals surface area contributed by atoms with Crippen LogP contribution in [0.1, 0.15) is 38.8 Å². The minimum Gasteiger partial charge on any atom is -0.438 e. The second-order valence-electron chi connectivity index (χ2n) is 5.53. The van der Waals surface area contributed by atoms with Crippen LogP contribution in [0.2, 0.25) is 5.15 Å². The van der Waals surface area contributed by atoms with Crippen LogP contribution in [-0.2, 0) is 12.8 Å². The molecule has 0 unspecified atom stereocenters. The van der Waals surface area contributed by atoms with Gasteiger partial charge in [0.05, 0.1) is 17.7 Å². The first-order valence-electron chi connectivity index (χ1n) is 8.01. The number of rotatable bonds is 6. The minimum absolute atomic E-state index is 0.176. The molecule has 0 saturated heterocycles. The van der Waals surface area contributed by atoms with Gasteiger partial charge < -0.3 is 4.74 Å². The molecule has 0 bridgehead atoms. The quantitative estimate of drug-likeness (QED) is 0.671. The van der Waals surface area contributed by atoms with Crippen molar-refractivity contribution in [3.8, 4) is 11.6 Å². The Morgan fingerprint density at radius 1 is 1.12 bits per heavy atom. The van der Waals surface area contributed by atoms with E-state index < -0.39 is 0 Å². The number of hydrogen-bond donors (Lipinski definition) is 0. The summed E-state index contributed by atoms with van der Waals surface area (Å²) < 4.78 is 5.80. The van der Waals surface area contributed by atoms with Gasteiger partial charge in [0, 0.05) is 6.07 Å². The third-order valence-electron chi connectivity index (χ3n) is 3.31. The maximum absolute atomic E-state index is 5.80. The number of halogens is 1. The lowest BCUT2D eigenvalue weighted by atomic mass is 10.0. The highest BCUT2D eigenvalue weighted by molar-refractivity contribution is 6.29. The second-order valence-corrected chi connectivity index (χ2v) is 5.92. The average molecular weight is 345 g/mol. The van der Waals surface area contributed by atoms with Crippen molar-refractivity contribution in [2.75, 3.05) is 0 Å². The van der Waals surface area contributed by atoms with Crippen molar-refractivity contribution >= 4 is 23.3 Å². The fraction of sp³-hybridized carbons (Fsp3) is 0.389. The monoisotopic (exact) mass is 344 g/mol. The topological polar surface area (TPSA) is 59.7 Å². The predicted octanol–water partition coefficient (Wildman–Crippen LogP) is 5.26. The van der Waals surface area contributed by atoms with Gasteiger partial charge in [0.25, 0.3) is 0 Å². The highest BCUT2D eigenvalue weighted by atomic mass is 35.5. The van der Waals surface area contributed by atoms with E-state index in [0.29, 0.717) is 16.8 Å². The summed E-state index contributed by atoms with van der Waals surface area (Å²) in [5.74, 6) is 1.11. The summed E-state index contributed by atoms with van der Waals surface area (Å²) >= 11 is 5.74. The third kappa shape index (κ3) is 4.88. The van der Waals surface area contributed by atoms with E-state index in [1.165, 1.54) is 0 Å². The Hall–Kier alpha value is -2.23. The van der Waals surface area contributed by atoms with E-state index in [1.807, 2.05) is 26.0 Å². The largest absolute Gasteiger partial charge is 0.438 e. The first-order valence-corrected chi connectivity index (χ1v) is 8.39. The van der Waals surface area contributed by atoms with Crippen LogP contribution >= 0.6 is 11.6 Å². The SMILES string of the molecule is CCc1cc(Oc2ccc(Cl)nn2)cc(CC)c1N=C=NC(C)C. The molecule has 0 aliphatic rings. The van der Waals surface area contributed by atoms with Crippen LogP contribution < -0.4 is 4.74 Å². The molecule has 2 aromatic rings. The zero-order valence-electron chi connectivity index (χ0n) is 14.4. The van der Waals surface area contributed by atoms with E-state index >= 15 is 0 Å². The number of ether oxygens (including phenoxy) is 1. The maximum Gasteiger partial charge on any atom is 0.238 e. The summed E-state index contributed by atoms with van der Waals surface area (Å²) in [6.07, 6.45) is 1.66. The molecule has 5 nitrogen and oxygen atoms in total. The van der Waals surface area contributed by atoms with Crippen LogP contribution in [0.4, 0.5) is 5.69 Å². The van der Waals surface area contributed by atoms with Gasteiger partial charge in [-0.2, -0.15) is 4.99 Å². The van der Waals surface area contributed by atoms with E-state index in [9.17, 15) is 0 Å². The molecule has 2 rings (SSSR count). The molecular weight excluding hydrogens is 324 g/mol. The molecule has 24 heavy (non-hydrogen) atoms. The van der Waals surface area contributed by atoms with E-state index in [2.05, 4.69) is 40.0 Å². The minimum atomic E-state index is 0.176. The van der Waals surface area contributed by atoms with Gasteiger partial charge in [0.1, 0.15) is 5.75 Å². The van der Waals surface area contributed by atoms with E-state index in [4.69, 9.17) is 16.3 Å². The summed E-state index contributed by atoms with van der Waals surface area (Å²) in [5, 5.41) is 8.04. The van der Waals surface area contributed by atoms with Crippen molar-refractivity contribution in [2.24, 2.45) is 9.98 Å². The highest BCUT2D eigenvalue weighted by Gasteiger charge is 2.10. The van der Waals surface area contributed by atoms with Gasteiger partial charge in [0.2, 0.25) is 5.88 Å². The number of nitrogens with zero attached hydrogens (tertiary/aromatic N) is 4. The van der Waals surface area contributed by atoms with E-state index in [0.717, 1.165) is 29.7 Å². The summed E-state index contributed by atoms with van der Waals surface area (Å²) in [6.45, 7) is 8.15. The Kier molecular flexibility index (Phi) is 6.47. The molecule has 6 heteroatoms. The first kappa shape index (κ1) is 18.1. The molecule has 0 fully saturated rings. The lowest BCUT2D eigenvalue weighted by Gasteiger charge is -2.12. The van der Waals surface area contributed by atoms with Crippen molar-refractivity contribution in [3.05, 3.63) is 40.5 Å². The fourth-order valence-corrected chi connectivity index (χ4v) is 2.24. The van der Waals surface area contributed by atoms with Gasteiger partial charge in [-0.1, -0.05) is 25.4 Å². The summed E-state index contributed by atoms with van der Waals surface area (Å²) in [6, 6.07) is 10.2. The van der Waals surface area contributed by atoms with Crippen LogP contribution in [0.3, 0.4) is 0 Å². The van der Waals surface area contributed by atoms with Gasteiger partial charge in [0.15, 0.2) is 5.15 Å². The zero-order chi connectivity index (χ0) is 17.5. The predicted molar refractivity (Wildman–Crippen MR) is 97.0 cm³/mol. The standard InChI is InChI=1S/C18H21ClN4O/c1-5-13-9-15(24-17-8-7-16(19)22-23-17)10-14(6-2)18(13)21-11-20-12(3)4/h7-10,12H,5-6H2,1-4H3. The number of hydrogen-bond acceptors (Lipinski definition) is 5. The van der Waals surface area contributed by atoms with Crippen LogP contribution in [0.15, 0.2) is 34.3 Å². The molecule has 0 aliphatic heterocycles. The van der Waals surface area contributed by atoms with Gasteiger partial charge in [-0.15, -0.1) is 10.2 Å². The molecular formula is C18H21ClN4O. The molecule has 0 amide bonds. The Labute approximate surface area is 147 Å². The smallest absolute Gasteiger partial charge is 0.238 e. The van der Waals surface area contributed by atoms with Crippen molar-refractivity contribution < 1.29 is 4.74 Å². The Balaban J connectivity index is 2.38. The lowest BCUT2D eigenvalue weighted by molar-refractivity contribution is 0.454. The number of aryl methyl sites for hydroxylation is 2. The number of aliphatic imine (C=N–C) groups is 2. The Bertz CT molecular complexity index is 725. The molecule has 0 saturated carbocycles. The maximum atomic E-state index is 5.80. The first-order chi connectivity index (χ1) is 11.5. The van der Waals surface area contributed by atoms with E-state index in [-0.39, 0.29) is 6.04 Å². The Morgan fingerprint density at radius 2 is 1.79 bits per heavy atom. The van der Waals surface area contributed by atoms with Crippen molar-refractivity contribution in [2.45, 2.75) is 46.6 Å². The van der Waals surface area contributed by atoms with Gasteiger partial charge in [-0.3, -0.25) is 0 Å². The molecule has 0 N–H and O–H groups in total. The molecule has 0 spiro atoms. The second kappa shape index (κ2) is 8.57. The molecule has 126 valence electrons.